The summed E-state index contributed by atoms with van der Waals surface area (Å²) in [5.41, 5.74) is 2.47. The van der Waals surface area contributed by atoms with Gasteiger partial charge in [0.05, 0.1) is 18.0 Å². The summed E-state index contributed by atoms with van der Waals surface area (Å²) in [6.07, 6.45) is 2.14. The number of nitrogens with one attached hydrogen (secondary N) is 1. The van der Waals surface area contributed by atoms with Crippen molar-refractivity contribution in [1.29, 1.82) is 0 Å². The van der Waals surface area contributed by atoms with E-state index in [0.717, 1.165) is 54.1 Å². The first-order chi connectivity index (χ1) is 16.5. The lowest BCUT2D eigenvalue weighted by Crippen LogP contribution is -3.00. The van der Waals surface area contributed by atoms with Gasteiger partial charge in [0.25, 0.3) is 0 Å². The van der Waals surface area contributed by atoms with Crippen LogP contribution < -0.4 is 17.7 Å². The SMILES string of the molecule is CC(=O)O[C@H]1C[N+]2(CC(=O)c3cccs3)CCC1CC2.[Cl-].c1ccc(CNc2ccccc2)cc1. The fraction of sp³-hybridized carbons (Fsp3) is 0.357. The minimum absolute atomic E-state index is 0. The van der Waals surface area contributed by atoms with Crippen molar-refractivity contribution in [3.8, 4) is 0 Å². The Kier molecular flexibility index (Phi) is 9.90. The van der Waals surface area contributed by atoms with Crippen molar-refractivity contribution in [3.05, 3.63) is 88.6 Å². The second-order valence-electron chi connectivity index (χ2n) is 9.22. The number of nitrogens with zero attached hydrogens (tertiary/aromatic N) is 1. The van der Waals surface area contributed by atoms with Gasteiger partial charge in [0.2, 0.25) is 5.78 Å². The van der Waals surface area contributed by atoms with Crippen molar-refractivity contribution in [2.45, 2.75) is 32.4 Å². The van der Waals surface area contributed by atoms with Crippen molar-refractivity contribution in [2.75, 3.05) is 31.5 Å². The van der Waals surface area contributed by atoms with E-state index in [1.54, 1.807) is 0 Å². The first kappa shape index (κ1) is 26.9. The summed E-state index contributed by atoms with van der Waals surface area (Å²) in [7, 11) is 0. The summed E-state index contributed by atoms with van der Waals surface area (Å²) >= 11 is 1.51. The predicted molar refractivity (Wildman–Crippen MR) is 137 cm³/mol. The van der Waals surface area contributed by atoms with Crippen LogP contribution in [0, 0.1) is 5.92 Å². The number of rotatable bonds is 7. The molecule has 5 nitrogen and oxygen atoms in total. The number of esters is 1. The Labute approximate surface area is 218 Å². The van der Waals surface area contributed by atoms with E-state index in [4.69, 9.17) is 4.74 Å². The number of piperidine rings is 3. The Hall–Kier alpha value is -2.67. The molecule has 1 atom stereocenters. The van der Waals surface area contributed by atoms with E-state index in [0.29, 0.717) is 12.5 Å². The fourth-order valence-electron chi connectivity index (χ4n) is 4.97. The first-order valence-corrected chi connectivity index (χ1v) is 12.8. The zero-order chi connectivity index (χ0) is 23.8. The molecule has 3 aliphatic rings. The molecule has 7 heteroatoms. The van der Waals surface area contributed by atoms with Crippen molar-refractivity contribution in [2.24, 2.45) is 5.92 Å². The summed E-state index contributed by atoms with van der Waals surface area (Å²) in [4.78, 5) is 24.4. The van der Waals surface area contributed by atoms with Gasteiger partial charge in [-0.05, 0) is 29.1 Å². The minimum atomic E-state index is -0.202. The van der Waals surface area contributed by atoms with Crippen LogP contribution in [-0.4, -0.2) is 48.5 Å². The number of fused-ring (bicyclic) bond motifs is 3. The molecule has 0 spiro atoms. The van der Waals surface area contributed by atoms with Crippen molar-refractivity contribution < 1.29 is 31.2 Å². The molecule has 3 saturated heterocycles. The largest absolute Gasteiger partial charge is 1.00 e. The van der Waals surface area contributed by atoms with Crippen LogP contribution in [0.2, 0.25) is 0 Å². The fourth-order valence-corrected chi connectivity index (χ4v) is 5.62. The van der Waals surface area contributed by atoms with Gasteiger partial charge in [-0.3, -0.25) is 9.59 Å². The molecule has 186 valence electrons. The molecule has 0 radical (unpaired) electrons. The monoisotopic (exact) mass is 512 g/mol. The van der Waals surface area contributed by atoms with E-state index in [1.165, 1.54) is 23.8 Å². The number of thiophene rings is 1. The summed E-state index contributed by atoms with van der Waals surface area (Å²) in [5, 5.41) is 5.30. The number of Topliss-reactive ketones (excluding diaryl/α,β-unsaturated/α-hetero) is 1. The highest BCUT2D eigenvalue weighted by Crippen LogP contribution is 2.36. The molecule has 35 heavy (non-hydrogen) atoms. The van der Waals surface area contributed by atoms with E-state index >= 15 is 0 Å². The Bertz CT molecular complexity index is 1010. The highest BCUT2D eigenvalue weighted by Gasteiger charge is 2.48. The Morgan fingerprint density at radius 3 is 2.23 bits per heavy atom. The molecule has 1 N–H and O–H groups in total. The number of carbonyl (C=O) groups is 2. The molecular weight excluding hydrogens is 480 g/mol. The maximum Gasteiger partial charge on any atom is 0.303 e. The van der Waals surface area contributed by atoms with Crippen LogP contribution in [-0.2, 0) is 16.1 Å². The Balaban J connectivity index is 0.000000202. The van der Waals surface area contributed by atoms with Gasteiger partial charge in [-0.25, -0.2) is 0 Å². The predicted octanol–water partition coefficient (Wildman–Crippen LogP) is 2.41. The Morgan fingerprint density at radius 2 is 1.63 bits per heavy atom. The smallest absolute Gasteiger partial charge is 0.303 e. The lowest BCUT2D eigenvalue weighted by Gasteiger charge is -2.51. The maximum atomic E-state index is 12.4. The number of ketones is 1. The van der Waals surface area contributed by atoms with Gasteiger partial charge in [0, 0.05) is 37.9 Å². The standard InChI is InChI=1S/C15H20NO3S.C13H13N.ClH/c1-11(17)19-14-10-16(6-4-12(14)5-7-16)9-13(18)15-3-2-8-20-15;1-3-7-12(8-4-1)11-14-13-9-5-2-6-10-13;/h2-3,8,12,14H,4-7,9-10H2,1H3;1-10,14H,11H2;1H/q+1;;/p-1/t12?,14-,16?;;/m0../s1. The van der Waals surface area contributed by atoms with Crippen LogP contribution in [0.1, 0.15) is 35.0 Å². The molecule has 2 bridgehead atoms. The van der Waals surface area contributed by atoms with Crippen molar-refractivity contribution >= 4 is 28.8 Å². The van der Waals surface area contributed by atoms with Gasteiger partial charge in [0.1, 0.15) is 13.1 Å². The third-order valence-electron chi connectivity index (χ3n) is 6.75. The molecule has 6 rings (SSSR count). The number of ether oxygens (including phenoxy) is 1. The van der Waals surface area contributed by atoms with Gasteiger partial charge in [-0.15, -0.1) is 11.3 Å². The lowest BCUT2D eigenvalue weighted by molar-refractivity contribution is -0.938. The number of hydrogen-bond donors (Lipinski definition) is 1. The third-order valence-corrected chi connectivity index (χ3v) is 7.66. The van der Waals surface area contributed by atoms with Crippen LogP contribution in [0.5, 0.6) is 0 Å². The van der Waals surface area contributed by atoms with E-state index in [-0.39, 0.29) is 30.3 Å². The zero-order valence-electron chi connectivity index (χ0n) is 20.1. The molecule has 1 aromatic heterocycles. The summed E-state index contributed by atoms with van der Waals surface area (Å²) < 4.78 is 6.26. The Morgan fingerprint density at radius 1 is 0.971 bits per heavy atom. The highest BCUT2D eigenvalue weighted by atomic mass is 35.5. The number of benzene rings is 2. The lowest BCUT2D eigenvalue weighted by atomic mass is 9.83. The molecular formula is C28H33ClN2O3S. The van der Waals surface area contributed by atoms with Crippen LogP contribution in [0.15, 0.2) is 78.2 Å². The molecule has 3 aliphatic heterocycles. The molecule has 0 amide bonds. The second kappa shape index (κ2) is 12.9. The second-order valence-corrected chi connectivity index (χ2v) is 10.2. The van der Waals surface area contributed by atoms with Gasteiger partial charge in [-0.1, -0.05) is 54.6 Å². The van der Waals surface area contributed by atoms with Gasteiger partial charge in [0.15, 0.2) is 6.10 Å². The number of halogens is 1. The first-order valence-electron chi connectivity index (χ1n) is 11.9. The van der Waals surface area contributed by atoms with Crippen LogP contribution in [0.25, 0.3) is 0 Å². The number of anilines is 1. The summed E-state index contributed by atoms with van der Waals surface area (Å²) in [5.74, 6) is 0.518. The number of para-hydroxylation sites is 1. The van der Waals surface area contributed by atoms with Crippen LogP contribution in [0.4, 0.5) is 5.69 Å². The van der Waals surface area contributed by atoms with E-state index in [2.05, 4.69) is 41.7 Å². The number of quaternary nitrogens is 1. The van der Waals surface area contributed by atoms with Gasteiger partial charge in [-0.2, -0.15) is 0 Å². The topological polar surface area (TPSA) is 55.4 Å². The molecule has 0 unspecified atom stereocenters. The maximum absolute atomic E-state index is 12.4. The summed E-state index contributed by atoms with van der Waals surface area (Å²) in [6.45, 7) is 5.79. The molecule has 0 aliphatic carbocycles. The van der Waals surface area contributed by atoms with Crippen LogP contribution in [0.3, 0.4) is 0 Å². The van der Waals surface area contributed by atoms with Gasteiger partial charge < -0.3 is 26.9 Å². The molecule has 3 fully saturated rings. The zero-order valence-corrected chi connectivity index (χ0v) is 21.6. The number of hydrogen-bond acceptors (Lipinski definition) is 5. The number of carbonyl (C=O) groups excluding carboxylic acids is 2. The van der Waals surface area contributed by atoms with E-state index < -0.39 is 0 Å². The van der Waals surface area contributed by atoms with Gasteiger partial charge >= 0.3 is 5.97 Å². The quantitative estimate of drug-likeness (QED) is 0.300. The van der Waals surface area contributed by atoms with E-state index in [9.17, 15) is 9.59 Å². The molecule has 3 aromatic rings. The average molecular weight is 513 g/mol. The van der Waals surface area contributed by atoms with Crippen LogP contribution >= 0.6 is 11.3 Å². The average Bonchev–Trinajstić information content (AvgIpc) is 3.40. The summed E-state index contributed by atoms with van der Waals surface area (Å²) in [6, 6.07) is 24.4. The molecule has 0 saturated carbocycles. The highest BCUT2D eigenvalue weighted by molar-refractivity contribution is 7.12. The molecule has 4 heterocycles. The normalized spacial score (nSPS) is 22.2. The van der Waals surface area contributed by atoms with Crippen molar-refractivity contribution in [1.82, 2.24) is 0 Å². The minimum Gasteiger partial charge on any atom is -1.00 e. The third kappa shape index (κ3) is 7.66. The van der Waals surface area contributed by atoms with E-state index in [1.807, 2.05) is 41.8 Å². The van der Waals surface area contributed by atoms with Crippen molar-refractivity contribution in [3.63, 3.8) is 0 Å². The molecule has 2 aromatic carbocycles.